The fourth-order valence-corrected chi connectivity index (χ4v) is 10.7. The van der Waals surface area contributed by atoms with E-state index in [1.807, 2.05) is 0 Å². The van der Waals surface area contributed by atoms with Gasteiger partial charge in [-0.3, -0.25) is 0 Å². The number of hydrogen-bond acceptors (Lipinski definition) is 0. The van der Waals surface area contributed by atoms with Crippen LogP contribution >= 0.6 is 0 Å². The third-order valence-corrected chi connectivity index (χ3v) is 11.8. The number of hydrogen-bond donors (Lipinski definition) is 0. The first-order valence-electron chi connectivity index (χ1n) is 9.04. The van der Waals surface area contributed by atoms with E-state index in [1.165, 1.54) is 24.8 Å². The quantitative estimate of drug-likeness (QED) is 0.309. The molecule has 1 aromatic rings. The van der Waals surface area contributed by atoms with Crippen LogP contribution in [0.1, 0.15) is 79.7 Å². The van der Waals surface area contributed by atoms with Crippen LogP contribution in [-0.4, -0.2) is 12.5 Å². The molecule has 1 nitrogen and oxygen atoms in total. The van der Waals surface area contributed by atoms with Gasteiger partial charge >= 0.3 is 0 Å². The van der Waals surface area contributed by atoms with Crippen molar-refractivity contribution in [3.63, 3.8) is 0 Å². The summed E-state index contributed by atoms with van der Waals surface area (Å²) in [6, 6.07) is 2.21. The first-order valence-corrected chi connectivity index (χ1v) is 11.2. The van der Waals surface area contributed by atoms with E-state index in [1.54, 1.807) is 0 Å². The average Bonchev–Trinajstić information content (AvgIpc) is 2.86. The second-order valence-corrected chi connectivity index (χ2v) is 13.2. The summed E-state index contributed by atoms with van der Waals surface area (Å²) in [5.74, 6) is 6.71. The van der Waals surface area contributed by atoms with E-state index in [-0.39, 0.29) is 0 Å². The zero-order valence-corrected chi connectivity index (χ0v) is 16.7. The summed E-state index contributed by atoms with van der Waals surface area (Å²) < 4.78 is 2.57. The highest BCUT2D eigenvalue weighted by Gasteiger charge is 2.44. The standard InChI is InChI=1S/C20H35NSi/c1-8-9-10-11-12-13-20-14-15-21(16-20)22(17(2)3,18(4)5)19(6)7/h14-19H,8-11H2,1-7H3. The summed E-state index contributed by atoms with van der Waals surface area (Å²) in [5.41, 5.74) is 3.37. The molecule has 0 bridgehead atoms. The molecule has 0 aliphatic rings. The largest absolute Gasteiger partial charge is 0.378 e. The van der Waals surface area contributed by atoms with E-state index < -0.39 is 8.24 Å². The predicted molar refractivity (Wildman–Crippen MR) is 102 cm³/mol. The highest BCUT2D eigenvalue weighted by atomic mass is 28.3. The fraction of sp³-hybridized carbons (Fsp3) is 0.700. The lowest BCUT2D eigenvalue weighted by molar-refractivity contribution is 0.737. The van der Waals surface area contributed by atoms with Crippen molar-refractivity contribution in [2.24, 2.45) is 0 Å². The van der Waals surface area contributed by atoms with E-state index in [4.69, 9.17) is 0 Å². The molecule has 22 heavy (non-hydrogen) atoms. The van der Waals surface area contributed by atoms with Crippen LogP contribution in [0.3, 0.4) is 0 Å². The van der Waals surface area contributed by atoms with Gasteiger partial charge in [0.25, 0.3) is 0 Å². The lowest BCUT2D eigenvalue weighted by Crippen LogP contribution is -2.51. The molecular formula is C20H35NSi. The van der Waals surface area contributed by atoms with Crippen LogP contribution < -0.4 is 0 Å². The van der Waals surface area contributed by atoms with Crippen LogP contribution in [-0.2, 0) is 0 Å². The Hall–Kier alpha value is -0.943. The van der Waals surface area contributed by atoms with E-state index >= 15 is 0 Å². The summed E-state index contributed by atoms with van der Waals surface area (Å²) >= 11 is 0. The Morgan fingerprint density at radius 1 is 1.00 bits per heavy atom. The third kappa shape index (κ3) is 4.07. The normalized spacial score (nSPS) is 12.1. The Bertz CT molecular complexity index is 477. The molecule has 0 atom stereocenters. The maximum Gasteiger partial charge on any atom is 0.168 e. The van der Waals surface area contributed by atoms with Crippen LogP contribution in [0.25, 0.3) is 0 Å². The minimum absolute atomic E-state index is 0.727. The molecule has 0 amide bonds. The van der Waals surface area contributed by atoms with Gasteiger partial charge in [-0.15, -0.1) is 0 Å². The smallest absolute Gasteiger partial charge is 0.168 e. The molecule has 0 unspecified atom stereocenters. The van der Waals surface area contributed by atoms with Crippen molar-refractivity contribution in [1.82, 2.24) is 4.23 Å². The summed E-state index contributed by atoms with van der Waals surface area (Å²) in [4.78, 5) is 0. The molecule has 1 heterocycles. The van der Waals surface area contributed by atoms with Crippen LogP contribution in [0.2, 0.25) is 16.6 Å². The fourth-order valence-electron chi connectivity index (χ4n) is 4.23. The van der Waals surface area contributed by atoms with Gasteiger partial charge in [0.15, 0.2) is 8.24 Å². The Morgan fingerprint density at radius 3 is 2.09 bits per heavy atom. The zero-order valence-electron chi connectivity index (χ0n) is 15.7. The van der Waals surface area contributed by atoms with Gasteiger partial charge in [0.1, 0.15) is 0 Å². The van der Waals surface area contributed by atoms with Crippen molar-refractivity contribution in [2.75, 3.05) is 0 Å². The molecule has 0 saturated carbocycles. The molecule has 0 aliphatic heterocycles. The van der Waals surface area contributed by atoms with Crippen molar-refractivity contribution in [2.45, 2.75) is 90.8 Å². The second-order valence-electron chi connectivity index (χ2n) is 7.42. The van der Waals surface area contributed by atoms with Crippen LogP contribution in [0.4, 0.5) is 0 Å². The Labute approximate surface area is 139 Å². The van der Waals surface area contributed by atoms with Gasteiger partial charge < -0.3 is 4.23 Å². The van der Waals surface area contributed by atoms with Crippen molar-refractivity contribution in [1.29, 1.82) is 0 Å². The first kappa shape index (κ1) is 19.1. The topological polar surface area (TPSA) is 4.93 Å². The molecule has 0 saturated heterocycles. The molecule has 0 aromatic carbocycles. The summed E-state index contributed by atoms with van der Waals surface area (Å²) in [5, 5.41) is 0. The zero-order chi connectivity index (χ0) is 16.8. The maximum absolute atomic E-state index is 3.36. The lowest BCUT2D eigenvalue weighted by Gasteiger charge is -2.44. The molecule has 2 heteroatoms. The maximum atomic E-state index is 3.36. The van der Waals surface area contributed by atoms with Crippen LogP contribution in [0, 0.1) is 11.8 Å². The lowest BCUT2D eigenvalue weighted by atomic mass is 10.2. The second kappa shape index (κ2) is 8.63. The van der Waals surface area contributed by atoms with Crippen LogP contribution in [0.15, 0.2) is 18.5 Å². The first-order chi connectivity index (χ1) is 10.4. The molecule has 0 N–H and O–H groups in total. The Morgan fingerprint density at radius 2 is 1.59 bits per heavy atom. The summed E-state index contributed by atoms with van der Waals surface area (Å²) in [7, 11) is -1.59. The van der Waals surface area contributed by atoms with Crippen molar-refractivity contribution in [3.8, 4) is 11.8 Å². The molecule has 0 fully saturated rings. The average molecular weight is 318 g/mol. The SMILES string of the molecule is CCCCCC#Cc1ccn([Si](C(C)C)(C(C)C)C(C)C)c1. The van der Waals surface area contributed by atoms with Gasteiger partial charge in [0.2, 0.25) is 0 Å². The van der Waals surface area contributed by atoms with E-state index in [9.17, 15) is 0 Å². The molecule has 124 valence electrons. The molecule has 1 rings (SSSR count). The van der Waals surface area contributed by atoms with Crippen molar-refractivity contribution < 1.29 is 0 Å². The minimum atomic E-state index is -1.59. The van der Waals surface area contributed by atoms with Gasteiger partial charge in [-0.1, -0.05) is 73.1 Å². The number of nitrogens with zero attached hydrogens (tertiary/aromatic N) is 1. The molecule has 1 aromatic heterocycles. The molecule has 0 radical (unpaired) electrons. The molecular weight excluding hydrogens is 282 g/mol. The molecule has 0 aliphatic carbocycles. The number of rotatable bonds is 7. The van der Waals surface area contributed by atoms with Crippen LogP contribution in [0.5, 0.6) is 0 Å². The third-order valence-electron chi connectivity index (χ3n) is 5.05. The summed E-state index contributed by atoms with van der Waals surface area (Å²) in [6.45, 7) is 16.7. The minimum Gasteiger partial charge on any atom is -0.378 e. The van der Waals surface area contributed by atoms with Gasteiger partial charge in [-0.05, 0) is 35.3 Å². The van der Waals surface area contributed by atoms with E-state index in [0.29, 0.717) is 0 Å². The number of unbranched alkanes of at least 4 members (excludes halogenated alkanes) is 3. The monoisotopic (exact) mass is 317 g/mol. The van der Waals surface area contributed by atoms with E-state index in [0.717, 1.165) is 23.0 Å². The summed E-state index contributed by atoms with van der Waals surface area (Å²) in [6.07, 6.45) is 9.43. The van der Waals surface area contributed by atoms with Crippen molar-refractivity contribution in [3.05, 3.63) is 24.0 Å². The Balaban J connectivity index is 3.00. The highest BCUT2D eigenvalue weighted by Crippen LogP contribution is 2.42. The predicted octanol–water partition coefficient (Wildman–Crippen LogP) is 6.44. The highest BCUT2D eigenvalue weighted by molar-refractivity contribution is 6.82. The van der Waals surface area contributed by atoms with E-state index in [2.05, 4.69) is 83.0 Å². The Kier molecular flexibility index (Phi) is 7.49. The van der Waals surface area contributed by atoms with Crippen molar-refractivity contribution >= 4 is 8.24 Å². The number of aromatic nitrogens is 1. The van der Waals surface area contributed by atoms with Gasteiger partial charge in [0, 0.05) is 18.2 Å². The van der Waals surface area contributed by atoms with Gasteiger partial charge in [0.05, 0.1) is 0 Å². The van der Waals surface area contributed by atoms with Gasteiger partial charge in [-0.25, -0.2) is 0 Å². The van der Waals surface area contributed by atoms with Gasteiger partial charge in [-0.2, -0.15) is 0 Å². The molecule has 0 spiro atoms.